The molecule has 0 radical (unpaired) electrons. The van der Waals surface area contributed by atoms with Gasteiger partial charge in [0.15, 0.2) is 0 Å². The molecule has 0 aliphatic carbocycles. The fraction of sp³-hybridized carbons (Fsp3) is 0.0909. The molecule has 0 fully saturated rings. The molecule has 1 aromatic carbocycles. The first-order valence-electron chi connectivity index (χ1n) is 4.57. The third-order valence-electron chi connectivity index (χ3n) is 2.23. The van der Waals surface area contributed by atoms with Crippen LogP contribution < -0.4 is 0 Å². The zero-order chi connectivity index (χ0) is 12.6. The van der Waals surface area contributed by atoms with Gasteiger partial charge in [-0.25, -0.2) is 0 Å². The van der Waals surface area contributed by atoms with Crippen LogP contribution in [0, 0.1) is 0 Å². The van der Waals surface area contributed by atoms with Gasteiger partial charge in [-0.2, -0.15) is 0 Å². The van der Waals surface area contributed by atoms with Gasteiger partial charge in [-0.3, -0.25) is 0 Å². The fourth-order valence-electron chi connectivity index (χ4n) is 1.43. The van der Waals surface area contributed by atoms with E-state index in [1.54, 1.807) is 11.3 Å². The second-order valence-corrected chi connectivity index (χ2v) is 8.87. The number of halogens is 4. The summed E-state index contributed by atoms with van der Waals surface area (Å²) in [5.74, 6) is 0. The van der Waals surface area contributed by atoms with Crippen molar-refractivity contribution in [3.05, 3.63) is 51.9 Å². The van der Waals surface area contributed by atoms with Gasteiger partial charge in [-0.1, -0.05) is 31.9 Å². The van der Waals surface area contributed by atoms with Crippen LogP contribution in [0.2, 0.25) is 0 Å². The Kier molecular flexibility index (Phi) is 4.88. The van der Waals surface area contributed by atoms with Crippen molar-refractivity contribution in [2.24, 2.45) is 0 Å². The summed E-state index contributed by atoms with van der Waals surface area (Å²) in [4.78, 5) is 0. The molecule has 2 aromatic rings. The smallest absolute Gasteiger partial charge is 0.107 e. The Balaban J connectivity index is 2.46. The van der Waals surface area contributed by atoms with Gasteiger partial charge in [0.05, 0.1) is 7.57 Å². The third kappa shape index (κ3) is 3.22. The predicted octanol–water partition coefficient (Wildman–Crippen LogP) is 5.88. The quantitative estimate of drug-likeness (QED) is 0.540. The number of rotatable bonds is 2. The molecule has 90 valence electrons. The van der Waals surface area contributed by atoms with Gasteiger partial charge in [-0.05, 0) is 56.1 Å². The van der Waals surface area contributed by atoms with Crippen molar-refractivity contribution >= 4 is 75.1 Å². The zero-order valence-corrected chi connectivity index (χ0v) is 15.4. The molecular formula is C11H6Br4OS. The first-order valence-corrected chi connectivity index (χ1v) is 8.55. The van der Waals surface area contributed by atoms with Crippen LogP contribution >= 0.6 is 75.1 Å². The Morgan fingerprint density at radius 1 is 1.00 bits per heavy atom. The van der Waals surface area contributed by atoms with E-state index in [0.29, 0.717) is 0 Å². The molecule has 1 aromatic heterocycles. The Labute approximate surface area is 137 Å². The number of aliphatic hydroxyl groups is 1. The highest BCUT2D eigenvalue weighted by Gasteiger charge is 2.19. The molecule has 1 nitrogen and oxygen atoms in total. The van der Waals surface area contributed by atoms with Gasteiger partial charge in [0, 0.05) is 20.1 Å². The van der Waals surface area contributed by atoms with E-state index in [4.69, 9.17) is 0 Å². The molecule has 1 unspecified atom stereocenters. The van der Waals surface area contributed by atoms with Crippen LogP contribution in [0.1, 0.15) is 17.2 Å². The minimum Gasteiger partial charge on any atom is -0.384 e. The van der Waals surface area contributed by atoms with Gasteiger partial charge in [0.1, 0.15) is 6.10 Å². The average Bonchev–Trinajstić information content (AvgIpc) is 2.60. The second-order valence-electron chi connectivity index (χ2n) is 3.35. The van der Waals surface area contributed by atoms with Crippen molar-refractivity contribution < 1.29 is 5.11 Å². The van der Waals surface area contributed by atoms with Crippen molar-refractivity contribution in [1.29, 1.82) is 0 Å². The topological polar surface area (TPSA) is 20.2 Å². The summed E-state index contributed by atoms with van der Waals surface area (Å²) in [6, 6.07) is 7.68. The summed E-state index contributed by atoms with van der Waals surface area (Å²) in [6.07, 6.45) is -0.654. The summed E-state index contributed by atoms with van der Waals surface area (Å²) in [5.41, 5.74) is 1.70. The molecule has 0 saturated heterocycles. The monoisotopic (exact) mass is 502 g/mol. The molecular weight excluding hydrogens is 500 g/mol. The minimum atomic E-state index is -0.654. The van der Waals surface area contributed by atoms with Gasteiger partial charge in [-0.15, -0.1) is 11.3 Å². The molecule has 1 heterocycles. The predicted molar refractivity (Wildman–Crippen MR) is 85.6 cm³/mol. The van der Waals surface area contributed by atoms with E-state index >= 15 is 0 Å². The molecule has 0 amide bonds. The van der Waals surface area contributed by atoms with Crippen LogP contribution in [0.5, 0.6) is 0 Å². The van der Waals surface area contributed by atoms with E-state index in [0.717, 1.165) is 27.6 Å². The van der Waals surface area contributed by atoms with E-state index in [1.807, 2.05) is 24.3 Å². The zero-order valence-electron chi connectivity index (χ0n) is 8.25. The number of hydrogen-bond donors (Lipinski definition) is 1. The average molecular weight is 506 g/mol. The van der Waals surface area contributed by atoms with E-state index in [1.165, 1.54) is 0 Å². The Hall–Kier alpha value is 0.800. The van der Waals surface area contributed by atoms with Gasteiger partial charge < -0.3 is 5.11 Å². The number of aliphatic hydroxyl groups excluding tert-OH is 1. The largest absolute Gasteiger partial charge is 0.384 e. The molecule has 0 spiro atoms. The lowest BCUT2D eigenvalue weighted by Crippen LogP contribution is -1.99. The summed E-state index contributed by atoms with van der Waals surface area (Å²) in [7, 11) is 0. The maximum atomic E-state index is 10.4. The lowest BCUT2D eigenvalue weighted by molar-refractivity contribution is 0.219. The van der Waals surface area contributed by atoms with Gasteiger partial charge in [0.25, 0.3) is 0 Å². The number of hydrogen-bond acceptors (Lipinski definition) is 2. The molecule has 0 aliphatic rings. The molecule has 1 N–H and O–H groups in total. The van der Waals surface area contributed by atoms with E-state index in [-0.39, 0.29) is 0 Å². The molecule has 0 bridgehead atoms. The summed E-state index contributed by atoms with van der Waals surface area (Å²) in [5, 5.41) is 10.4. The first-order chi connectivity index (χ1) is 7.99. The summed E-state index contributed by atoms with van der Waals surface area (Å²) < 4.78 is 3.76. The lowest BCUT2D eigenvalue weighted by Gasteiger charge is -2.12. The van der Waals surface area contributed by atoms with Crippen LogP contribution in [-0.4, -0.2) is 5.11 Å². The van der Waals surface area contributed by atoms with Crippen molar-refractivity contribution in [2.45, 2.75) is 6.10 Å². The Bertz CT molecular complexity index is 552. The number of thiophene rings is 1. The normalized spacial score (nSPS) is 12.8. The molecule has 17 heavy (non-hydrogen) atoms. The van der Waals surface area contributed by atoms with Crippen LogP contribution in [0.25, 0.3) is 0 Å². The van der Waals surface area contributed by atoms with Crippen molar-refractivity contribution in [2.75, 3.05) is 0 Å². The molecule has 1 atom stereocenters. The van der Waals surface area contributed by atoms with Crippen LogP contribution in [0.3, 0.4) is 0 Å². The lowest BCUT2D eigenvalue weighted by atomic mass is 10.0. The maximum Gasteiger partial charge on any atom is 0.107 e. The van der Waals surface area contributed by atoms with E-state index < -0.39 is 6.10 Å². The molecule has 0 aliphatic heterocycles. The second kappa shape index (κ2) is 5.84. The van der Waals surface area contributed by atoms with E-state index in [9.17, 15) is 5.11 Å². The fourth-order valence-corrected chi connectivity index (χ4v) is 5.16. The van der Waals surface area contributed by atoms with Gasteiger partial charge >= 0.3 is 0 Å². The van der Waals surface area contributed by atoms with Crippen molar-refractivity contribution in [1.82, 2.24) is 0 Å². The van der Waals surface area contributed by atoms with Crippen molar-refractivity contribution in [3.8, 4) is 0 Å². The number of benzene rings is 1. The third-order valence-corrected chi connectivity index (χ3v) is 5.83. The highest BCUT2D eigenvalue weighted by atomic mass is 79.9. The Morgan fingerprint density at radius 2 is 1.71 bits per heavy atom. The SMILES string of the molecule is OC(c1cc(Br)ccc1Br)c1cc(Br)sc1Br. The van der Waals surface area contributed by atoms with Crippen LogP contribution in [-0.2, 0) is 0 Å². The summed E-state index contributed by atoms with van der Waals surface area (Å²) >= 11 is 15.3. The molecule has 6 heteroatoms. The highest BCUT2D eigenvalue weighted by molar-refractivity contribution is 9.12. The molecule has 2 rings (SSSR count). The van der Waals surface area contributed by atoms with Gasteiger partial charge in [0.2, 0.25) is 0 Å². The highest BCUT2D eigenvalue weighted by Crippen LogP contribution is 2.39. The summed E-state index contributed by atoms with van der Waals surface area (Å²) in [6.45, 7) is 0. The Morgan fingerprint density at radius 3 is 2.29 bits per heavy atom. The maximum absolute atomic E-state index is 10.4. The van der Waals surface area contributed by atoms with Crippen molar-refractivity contribution in [3.63, 3.8) is 0 Å². The van der Waals surface area contributed by atoms with Crippen LogP contribution in [0.4, 0.5) is 0 Å². The standard InChI is InChI=1S/C11H6Br4OS/c12-5-1-2-8(13)6(3-5)10(16)7-4-9(14)17-11(7)15/h1-4,10,16H. The molecule has 0 saturated carbocycles. The van der Waals surface area contributed by atoms with E-state index in [2.05, 4.69) is 63.7 Å². The van der Waals surface area contributed by atoms with Crippen LogP contribution in [0.15, 0.2) is 40.8 Å². The first kappa shape index (κ1) is 14.2. The minimum absolute atomic E-state index is 0.654.